The van der Waals surface area contributed by atoms with Crippen LogP contribution in [-0.4, -0.2) is 15.0 Å². The summed E-state index contributed by atoms with van der Waals surface area (Å²) in [5.74, 6) is 4.98. The molecule has 2 heterocycles. The average Bonchev–Trinajstić information content (AvgIpc) is 2.33. The maximum atomic E-state index is 13.5. The Balaban J connectivity index is 2.61. The van der Waals surface area contributed by atoms with Gasteiger partial charge in [0.05, 0.1) is 5.69 Å². The minimum Gasteiger partial charge on any atom is -0.306 e. The second kappa shape index (κ2) is 4.42. The molecule has 2 rings (SSSR count). The molecule has 0 unspecified atom stereocenters. The molecule has 0 fully saturated rings. The molecule has 0 aliphatic carbocycles. The number of rotatable bonds is 2. The molecule has 17 heavy (non-hydrogen) atoms. The molecule has 0 saturated carbocycles. The fourth-order valence-corrected chi connectivity index (χ4v) is 1.48. The van der Waals surface area contributed by atoms with Crippen molar-refractivity contribution >= 4 is 5.82 Å². The van der Waals surface area contributed by atoms with Gasteiger partial charge in [-0.05, 0) is 25.5 Å². The van der Waals surface area contributed by atoms with Crippen molar-refractivity contribution in [3.05, 3.63) is 35.4 Å². The molecule has 2 aromatic heterocycles. The molecular formula is C11H12FN5. The lowest BCUT2D eigenvalue weighted by molar-refractivity contribution is 0.606. The summed E-state index contributed by atoms with van der Waals surface area (Å²) in [5, 5.41) is 0. The molecule has 0 aromatic carbocycles. The van der Waals surface area contributed by atoms with E-state index >= 15 is 0 Å². The number of nitrogens with two attached hydrogens (primary N) is 1. The quantitative estimate of drug-likeness (QED) is 0.608. The van der Waals surface area contributed by atoms with Crippen molar-refractivity contribution in [3.63, 3.8) is 0 Å². The summed E-state index contributed by atoms with van der Waals surface area (Å²) in [7, 11) is 0. The van der Waals surface area contributed by atoms with Crippen LogP contribution in [0.5, 0.6) is 0 Å². The molecule has 0 bridgehead atoms. The van der Waals surface area contributed by atoms with Crippen LogP contribution in [0.25, 0.3) is 11.5 Å². The number of aromatic nitrogens is 3. The molecule has 0 spiro atoms. The van der Waals surface area contributed by atoms with Gasteiger partial charge in [-0.3, -0.25) is 4.98 Å². The van der Waals surface area contributed by atoms with Crippen molar-refractivity contribution in [2.75, 3.05) is 5.43 Å². The molecular weight excluding hydrogens is 221 g/mol. The third-order valence-corrected chi connectivity index (χ3v) is 2.37. The zero-order valence-electron chi connectivity index (χ0n) is 9.53. The van der Waals surface area contributed by atoms with Gasteiger partial charge in [-0.25, -0.2) is 20.2 Å². The zero-order chi connectivity index (χ0) is 12.4. The van der Waals surface area contributed by atoms with E-state index in [4.69, 9.17) is 5.84 Å². The largest absolute Gasteiger partial charge is 0.306 e. The van der Waals surface area contributed by atoms with Gasteiger partial charge in [0.15, 0.2) is 17.5 Å². The second-order valence-electron chi connectivity index (χ2n) is 3.61. The van der Waals surface area contributed by atoms with E-state index in [9.17, 15) is 4.39 Å². The van der Waals surface area contributed by atoms with Crippen molar-refractivity contribution in [3.8, 4) is 11.5 Å². The van der Waals surface area contributed by atoms with Crippen molar-refractivity contribution in [1.82, 2.24) is 15.0 Å². The van der Waals surface area contributed by atoms with E-state index in [1.165, 1.54) is 0 Å². The Bertz CT molecular complexity index is 556. The monoisotopic (exact) mass is 233 g/mol. The molecule has 0 aliphatic rings. The van der Waals surface area contributed by atoms with Crippen LogP contribution in [0.4, 0.5) is 10.2 Å². The highest BCUT2D eigenvalue weighted by molar-refractivity contribution is 5.57. The first-order chi connectivity index (χ1) is 8.13. The van der Waals surface area contributed by atoms with Crippen LogP contribution in [-0.2, 0) is 0 Å². The van der Waals surface area contributed by atoms with E-state index in [1.54, 1.807) is 13.1 Å². The van der Waals surface area contributed by atoms with Gasteiger partial charge in [-0.1, -0.05) is 6.07 Å². The molecule has 0 atom stereocenters. The summed E-state index contributed by atoms with van der Waals surface area (Å²) in [6.45, 7) is 3.44. The minimum atomic E-state index is -0.551. The normalized spacial score (nSPS) is 10.4. The number of hydrogen-bond acceptors (Lipinski definition) is 5. The number of hydrogen-bond donors (Lipinski definition) is 2. The molecule has 0 aliphatic heterocycles. The Morgan fingerprint density at radius 2 is 2.06 bits per heavy atom. The Hall–Kier alpha value is -2.08. The van der Waals surface area contributed by atoms with E-state index in [0.29, 0.717) is 11.5 Å². The first-order valence-electron chi connectivity index (χ1n) is 5.06. The smallest absolute Gasteiger partial charge is 0.187 e. The van der Waals surface area contributed by atoms with Crippen molar-refractivity contribution in [1.29, 1.82) is 0 Å². The number of aryl methyl sites for hydroxylation is 2. The molecule has 0 saturated heterocycles. The van der Waals surface area contributed by atoms with Crippen molar-refractivity contribution in [2.45, 2.75) is 13.8 Å². The maximum Gasteiger partial charge on any atom is 0.187 e. The van der Waals surface area contributed by atoms with Gasteiger partial charge >= 0.3 is 0 Å². The fraction of sp³-hybridized carbons (Fsp3) is 0.182. The Morgan fingerprint density at radius 3 is 2.71 bits per heavy atom. The number of nitrogens with zero attached hydrogens (tertiary/aromatic N) is 3. The standard InChI is InChI=1S/C11H12FN5/c1-6-4-3-5-14-9(6)11-15-7(2)8(12)10(16-11)17-13/h3-5H,13H2,1-2H3,(H,15,16,17). The van der Waals surface area contributed by atoms with Gasteiger partial charge in [-0.15, -0.1) is 0 Å². The maximum absolute atomic E-state index is 13.5. The summed E-state index contributed by atoms with van der Waals surface area (Å²) in [6.07, 6.45) is 1.64. The topological polar surface area (TPSA) is 76.7 Å². The highest BCUT2D eigenvalue weighted by Crippen LogP contribution is 2.21. The third kappa shape index (κ3) is 2.07. The van der Waals surface area contributed by atoms with Crippen molar-refractivity contribution < 1.29 is 4.39 Å². The van der Waals surface area contributed by atoms with Crippen LogP contribution in [0.1, 0.15) is 11.3 Å². The highest BCUT2D eigenvalue weighted by atomic mass is 19.1. The van der Waals surface area contributed by atoms with Crippen LogP contribution >= 0.6 is 0 Å². The molecule has 3 N–H and O–H groups in total. The van der Waals surface area contributed by atoms with E-state index in [1.807, 2.05) is 19.1 Å². The predicted octanol–water partition coefficient (Wildman–Crippen LogP) is 1.58. The van der Waals surface area contributed by atoms with Crippen molar-refractivity contribution in [2.24, 2.45) is 5.84 Å². The summed E-state index contributed by atoms with van der Waals surface area (Å²) >= 11 is 0. The van der Waals surface area contributed by atoms with Crippen LogP contribution in [0.15, 0.2) is 18.3 Å². The van der Waals surface area contributed by atoms with Gasteiger partial charge in [0.25, 0.3) is 0 Å². The van der Waals surface area contributed by atoms with E-state index in [-0.39, 0.29) is 11.5 Å². The highest BCUT2D eigenvalue weighted by Gasteiger charge is 2.13. The molecule has 0 radical (unpaired) electrons. The lowest BCUT2D eigenvalue weighted by Gasteiger charge is -2.08. The molecule has 6 heteroatoms. The van der Waals surface area contributed by atoms with E-state index in [2.05, 4.69) is 20.4 Å². The summed E-state index contributed by atoms with van der Waals surface area (Å²) in [4.78, 5) is 12.2. The van der Waals surface area contributed by atoms with Crippen LogP contribution < -0.4 is 11.3 Å². The summed E-state index contributed by atoms with van der Waals surface area (Å²) in [6, 6.07) is 3.71. The van der Waals surface area contributed by atoms with Gasteiger partial charge in [0.2, 0.25) is 0 Å². The van der Waals surface area contributed by atoms with Gasteiger partial charge in [0, 0.05) is 6.20 Å². The molecule has 5 nitrogen and oxygen atoms in total. The number of halogens is 1. The van der Waals surface area contributed by atoms with E-state index < -0.39 is 5.82 Å². The number of hydrazine groups is 1. The number of pyridine rings is 1. The predicted molar refractivity (Wildman–Crippen MR) is 62.5 cm³/mol. The van der Waals surface area contributed by atoms with Crippen LogP contribution in [0, 0.1) is 19.7 Å². The average molecular weight is 233 g/mol. The molecule has 0 amide bonds. The first-order valence-corrected chi connectivity index (χ1v) is 5.06. The van der Waals surface area contributed by atoms with Gasteiger partial charge in [-0.2, -0.15) is 0 Å². The number of nitrogens with one attached hydrogen (secondary N) is 1. The summed E-state index contributed by atoms with van der Waals surface area (Å²) in [5.41, 5.74) is 3.98. The minimum absolute atomic E-state index is 0.0300. The molecule has 2 aromatic rings. The first kappa shape index (κ1) is 11.4. The Morgan fingerprint density at radius 1 is 1.29 bits per heavy atom. The third-order valence-electron chi connectivity index (χ3n) is 2.37. The second-order valence-corrected chi connectivity index (χ2v) is 3.61. The zero-order valence-corrected chi connectivity index (χ0v) is 9.53. The van der Waals surface area contributed by atoms with Gasteiger partial charge < -0.3 is 5.43 Å². The summed E-state index contributed by atoms with van der Waals surface area (Å²) < 4.78 is 13.5. The van der Waals surface area contributed by atoms with Crippen LogP contribution in [0.2, 0.25) is 0 Å². The number of nitrogen functional groups attached to an aromatic ring is 1. The Kier molecular flexibility index (Phi) is 2.97. The lowest BCUT2D eigenvalue weighted by atomic mass is 10.2. The van der Waals surface area contributed by atoms with Crippen LogP contribution in [0.3, 0.4) is 0 Å². The fourth-order valence-electron chi connectivity index (χ4n) is 1.48. The number of anilines is 1. The SMILES string of the molecule is Cc1cccnc1-c1nc(C)c(F)c(NN)n1. The Labute approximate surface area is 97.9 Å². The van der Waals surface area contributed by atoms with Gasteiger partial charge in [0.1, 0.15) is 5.69 Å². The lowest BCUT2D eigenvalue weighted by Crippen LogP contribution is -2.13. The molecule has 88 valence electrons. The van der Waals surface area contributed by atoms with E-state index in [0.717, 1.165) is 5.56 Å².